The maximum Gasteiger partial charge on any atom is 0.130 e. The molecule has 0 aliphatic heterocycles. The molecule has 0 aliphatic rings. The molecule has 0 aromatic heterocycles. The van der Waals surface area contributed by atoms with Gasteiger partial charge in [0.2, 0.25) is 0 Å². The van der Waals surface area contributed by atoms with Gasteiger partial charge in [0.1, 0.15) is 5.82 Å². The van der Waals surface area contributed by atoms with E-state index in [9.17, 15) is 4.39 Å². The Bertz CT molecular complexity index is 324. The fraction of sp³-hybridized carbons (Fsp3) is 0.333. The average Bonchev–Trinajstić information content (AvgIpc) is 2.04. The quantitative estimate of drug-likeness (QED) is 0.642. The lowest BCUT2D eigenvalue weighted by atomic mass is 9.98. The zero-order valence-corrected chi connectivity index (χ0v) is 8.39. The zero-order chi connectivity index (χ0) is 10.0. The van der Waals surface area contributed by atoms with Crippen molar-refractivity contribution in [1.29, 1.82) is 0 Å². The highest BCUT2D eigenvalue weighted by molar-refractivity contribution is 5.62. The second-order valence-corrected chi connectivity index (χ2v) is 3.67. The molecule has 0 radical (unpaired) electrons. The maximum absolute atomic E-state index is 13.2. The van der Waals surface area contributed by atoms with Crippen LogP contribution in [0.3, 0.4) is 0 Å². The van der Waals surface area contributed by atoms with Gasteiger partial charge in [0.05, 0.1) is 0 Å². The second-order valence-electron chi connectivity index (χ2n) is 3.67. The van der Waals surface area contributed by atoms with Crippen molar-refractivity contribution in [2.75, 3.05) is 0 Å². The Morgan fingerprint density at radius 2 is 2.00 bits per heavy atom. The molecule has 70 valence electrons. The van der Waals surface area contributed by atoms with Crippen molar-refractivity contribution < 1.29 is 4.39 Å². The van der Waals surface area contributed by atoms with Gasteiger partial charge in [-0.25, -0.2) is 4.39 Å². The number of halogens is 1. The Labute approximate surface area is 79.1 Å². The Kier molecular flexibility index (Phi) is 2.86. The summed E-state index contributed by atoms with van der Waals surface area (Å²) in [5.74, 6) is 0.246. The highest BCUT2D eigenvalue weighted by atomic mass is 19.1. The third kappa shape index (κ3) is 2.18. The molecule has 0 heterocycles. The molecule has 0 amide bonds. The Morgan fingerprint density at radius 3 is 2.46 bits per heavy atom. The van der Waals surface area contributed by atoms with Crippen LogP contribution in [0.1, 0.15) is 37.8 Å². The van der Waals surface area contributed by atoms with Gasteiger partial charge in [0.15, 0.2) is 0 Å². The van der Waals surface area contributed by atoms with E-state index in [1.54, 1.807) is 0 Å². The SMILES string of the molecule is C=C(C)c1cc(C(C)C)ccc1F. The first-order valence-corrected chi connectivity index (χ1v) is 4.47. The normalized spacial score (nSPS) is 10.5. The van der Waals surface area contributed by atoms with Gasteiger partial charge in [-0.1, -0.05) is 26.5 Å². The van der Waals surface area contributed by atoms with Crippen LogP contribution in [-0.2, 0) is 0 Å². The van der Waals surface area contributed by atoms with Crippen molar-refractivity contribution in [2.45, 2.75) is 26.7 Å². The molecule has 0 saturated carbocycles. The molecule has 0 spiro atoms. The lowest BCUT2D eigenvalue weighted by molar-refractivity contribution is 0.622. The van der Waals surface area contributed by atoms with Gasteiger partial charge in [-0.3, -0.25) is 0 Å². The molecule has 0 nitrogen and oxygen atoms in total. The smallest absolute Gasteiger partial charge is 0.130 e. The molecule has 1 heteroatoms. The monoisotopic (exact) mass is 178 g/mol. The van der Waals surface area contributed by atoms with E-state index >= 15 is 0 Å². The van der Waals surface area contributed by atoms with Gasteiger partial charge >= 0.3 is 0 Å². The minimum atomic E-state index is -0.183. The highest BCUT2D eigenvalue weighted by Crippen LogP contribution is 2.22. The van der Waals surface area contributed by atoms with E-state index in [0.717, 1.165) is 11.1 Å². The number of hydrogen-bond acceptors (Lipinski definition) is 0. The van der Waals surface area contributed by atoms with Crippen molar-refractivity contribution in [1.82, 2.24) is 0 Å². The van der Waals surface area contributed by atoms with Crippen molar-refractivity contribution in [3.8, 4) is 0 Å². The van der Waals surface area contributed by atoms with Gasteiger partial charge in [-0.15, -0.1) is 0 Å². The summed E-state index contributed by atoms with van der Waals surface area (Å²) in [6, 6.07) is 5.22. The molecule has 0 aliphatic carbocycles. The van der Waals surface area contributed by atoms with E-state index in [1.807, 2.05) is 19.1 Å². The molecule has 1 aromatic carbocycles. The number of benzene rings is 1. The Morgan fingerprint density at radius 1 is 1.38 bits per heavy atom. The van der Waals surface area contributed by atoms with Crippen molar-refractivity contribution >= 4 is 5.57 Å². The lowest BCUT2D eigenvalue weighted by Crippen LogP contribution is -1.92. The summed E-state index contributed by atoms with van der Waals surface area (Å²) in [5, 5.41) is 0. The van der Waals surface area contributed by atoms with Crippen LogP contribution < -0.4 is 0 Å². The van der Waals surface area contributed by atoms with E-state index < -0.39 is 0 Å². The Hall–Kier alpha value is -1.11. The number of allylic oxidation sites excluding steroid dienone is 1. The Balaban J connectivity index is 3.19. The van der Waals surface area contributed by atoms with Crippen molar-refractivity contribution in [3.05, 3.63) is 41.7 Å². The topological polar surface area (TPSA) is 0 Å². The molecule has 0 saturated heterocycles. The van der Waals surface area contributed by atoms with E-state index in [4.69, 9.17) is 0 Å². The first kappa shape index (κ1) is 9.97. The molecule has 0 bridgehead atoms. The zero-order valence-electron chi connectivity index (χ0n) is 8.39. The molecule has 13 heavy (non-hydrogen) atoms. The number of hydrogen-bond donors (Lipinski definition) is 0. The van der Waals surface area contributed by atoms with E-state index in [0.29, 0.717) is 11.5 Å². The lowest BCUT2D eigenvalue weighted by Gasteiger charge is -2.08. The molecule has 0 N–H and O–H groups in total. The van der Waals surface area contributed by atoms with Gasteiger partial charge < -0.3 is 0 Å². The van der Waals surface area contributed by atoms with Gasteiger partial charge in [-0.05, 0) is 36.1 Å². The maximum atomic E-state index is 13.2. The molecule has 0 atom stereocenters. The van der Waals surface area contributed by atoms with Gasteiger partial charge in [-0.2, -0.15) is 0 Å². The predicted molar refractivity (Wildman–Crippen MR) is 55.2 cm³/mol. The third-order valence-corrected chi connectivity index (χ3v) is 2.12. The van der Waals surface area contributed by atoms with Crippen molar-refractivity contribution in [3.63, 3.8) is 0 Å². The van der Waals surface area contributed by atoms with Crippen LogP contribution in [-0.4, -0.2) is 0 Å². The minimum absolute atomic E-state index is 0.183. The summed E-state index contributed by atoms with van der Waals surface area (Å²) in [6.45, 7) is 9.75. The summed E-state index contributed by atoms with van der Waals surface area (Å²) in [5.41, 5.74) is 2.56. The van der Waals surface area contributed by atoms with Crippen LogP contribution in [0, 0.1) is 5.82 Å². The van der Waals surface area contributed by atoms with Gasteiger partial charge in [0.25, 0.3) is 0 Å². The summed E-state index contributed by atoms with van der Waals surface area (Å²) >= 11 is 0. The average molecular weight is 178 g/mol. The summed E-state index contributed by atoms with van der Waals surface area (Å²) in [6.07, 6.45) is 0. The third-order valence-electron chi connectivity index (χ3n) is 2.12. The highest BCUT2D eigenvalue weighted by Gasteiger charge is 2.05. The summed E-state index contributed by atoms with van der Waals surface area (Å²) < 4.78 is 13.2. The van der Waals surface area contributed by atoms with Crippen LogP contribution >= 0.6 is 0 Å². The fourth-order valence-corrected chi connectivity index (χ4v) is 1.23. The van der Waals surface area contributed by atoms with Crippen LogP contribution in [0.15, 0.2) is 24.8 Å². The second kappa shape index (κ2) is 3.73. The first-order chi connectivity index (χ1) is 6.02. The van der Waals surface area contributed by atoms with Gasteiger partial charge in [0, 0.05) is 5.56 Å². The van der Waals surface area contributed by atoms with Crippen LogP contribution in [0.4, 0.5) is 4.39 Å². The van der Waals surface area contributed by atoms with E-state index in [-0.39, 0.29) is 5.82 Å². The minimum Gasteiger partial charge on any atom is -0.206 e. The molecule has 1 rings (SSSR count). The molecular formula is C12H15F. The van der Waals surface area contributed by atoms with Crippen LogP contribution in [0.5, 0.6) is 0 Å². The van der Waals surface area contributed by atoms with Crippen molar-refractivity contribution in [2.24, 2.45) is 0 Å². The fourth-order valence-electron chi connectivity index (χ4n) is 1.23. The summed E-state index contributed by atoms with van der Waals surface area (Å²) in [7, 11) is 0. The van der Waals surface area contributed by atoms with E-state index in [1.165, 1.54) is 6.07 Å². The van der Waals surface area contributed by atoms with Crippen LogP contribution in [0.25, 0.3) is 5.57 Å². The first-order valence-electron chi connectivity index (χ1n) is 4.47. The largest absolute Gasteiger partial charge is 0.206 e. The molecular weight excluding hydrogens is 163 g/mol. The number of rotatable bonds is 2. The standard InChI is InChI=1S/C12H15F/c1-8(2)10-5-6-12(13)11(7-10)9(3)4/h5-8H,3H2,1-2,4H3. The molecule has 0 unspecified atom stereocenters. The summed E-state index contributed by atoms with van der Waals surface area (Å²) in [4.78, 5) is 0. The molecule has 0 fully saturated rings. The predicted octanol–water partition coefficient (Wildman–Crippen LogP) is 3.98. The molecule has 1 aromatic rings. The van der Waals surface area contributed by atoms with Crippen LogP contribution in [0.2, 0.25) is 0 Å². The van der Waals surface area contributed by atoms with E-state index in [2.05, 4.69) is 20.4 Å².